The number of amides is 1. The van der Waals surface area contributed by atoms with Crippen LogP contribution in [0.15, 0.2) is 69.9 Å². The van der Waals surface area contributed by atoms with Gasteiger partial charge in [-0.1, -0.05) is 36.4 Å². The second kappa shape index (κ2) is 7.44. The van der Waals surface area contributed by atoms with Gasteiger partial charge in [-0.25, -0.2) is 9.59 Å². The molecule has 0 spiro atoms. The van der Waals surface area contributed by atoms with Crippen molar-refractivity contribution in [3.8, 4) is 0 Å². The summed E-state index contributed by atoms with van der Waals surface area (Å²) < 4.78 is 10.2. The number of hydrogen-bond donors (Lipinski definition) is 1. The van der Waals surface area contributed by atoms with Gasteiger partial charge in [-0.05, 0) is 24.3 Å². The van der Waals surface area contributed by atoms with E-state index in [1.165, 1.54) is 6.07 Å². The minimum absolute atomic E-state index is 0.00160. The van der Waals surface area contributed by atoms with Gasteiger partial charge in [0.1, 0.15) is 17.8 Å². The maximum atomic E-state index is 12.1. The van der Waals surface area contributed by atoms with Crippen molar-refractivity contribution in [3.63, 3.8) is 0 Å². The molecular weight excluding hydrogens is 322 g/mol. The number of carbonyl (C=O) groups is 2. The molecule has 1 heterocycles. The second-order valence-corrected chi connectivity index (χ2v) is 5.24. The van der Waals surface area contributed by atoms with E-state index in [1.807, 2.05) is 0 Å². The molecule has 6 heteroatoms. The van der Waals surface area contributed by atoms with Gasteiger partial charge in [-0.2, -0.15) is 0 Å². The molecule has 0 bridgehead atoms. The maximum Gasteiger partial charge on any atom is 0.349 e. The predicted octanol–water partition coefficient (Wildman–Crippen LogP) is 2.38. The van der Waals surface area contributed by atoms with Gasteiger partial charge in [0.25, 0.3) is 5.91 Å². The summed E-state index contributed by atoms with van der Waals surface area (Å²) in [6.45, 7) is 0.0854. The van der Waals surface area contributed by atoms with Gasteiger partial charge in [0.05, 0.1) is 12.1 Å². The van der Waals surface area contributed by atoms with Crippen LogP contribution < -0.4 is 10.9 Å². The van der Waals surface area contributed by atoms with Crippen molar-refractivity contribution in [2.45, 2.75) is 0 Å². The summed E-state index contributed by atoms with van der Waals surface area (Å²) in [4.78, 5) is 35.8. The molecule has 3 rings (SSSR count). The summed E-state index contributed by atoms with van der Waals surface area (Å²) in [7, 11) is 0. The van der Waals surface area contributed by atoms with Gasteiger partial charge in [0.2, 0.25) is 0 Å². The van der Waals surface area contributed by atoms with Crippen molar-refractivity contribution in [1.29, 1.82) is 0 Å². The van der Waals surface area contributed by atoms with Gasteiger partial charge >= 0.3 is 11.6 Å². The molecule has 0 aliphatic heterocycles. The Hall–Kier alpha value is -3.41. The highest BCUT2D eigenvalue weighted by molar-refractivity contribution is 5.96. The van der Waals surface area contributed by atoms with Crippen molar-refractivity contribution >= 4 is 22.8 Å². The zero-order valence-electron chi connectivity index (χ0n) is 13.2. The van der Waals surface area contributed by atoms with Crippen LogP contribution in [0.5, 0.6) is 0 Å². The normalized spacial score (nSPS) is 10.4. The Morgan fingerprint density at radius 2 is 1.72 bits per heavy atom. The summed E-state index contributed by atoms with van der Waals surface area (Å²) in [5, 5.41) is 3.19. The van der Waals surface area contributed by atoms with Crippen molar-refractivity contribution < 1.29 is 18.7 Å². The third kappa shape index (κ3) is 3.92. The number of ether oxygens (including phenoxy) is 1. The van der Waals surface area contributed by atoms with Gasteiger partial charge < -0.3 is 14.5 Å². The van der Waals surface area contributed by atoms with Crippen molar-refractivity contribution in [3.05, 3.63) is 82.2 Å². The molecule has 0 saturated carbocycles. The number of fused-ring (bicyclic) bond motifs is 1. The van der Waals surface area contributed by atoms with E-state index in [0.717, 1.165) is 0 Å². The van der Waals surface area contributed by atoms with Crippen LogP contribution in [0.2, 0.25) is 0 Å². The zero-order chi connectivity index (χ0) is 17.6. The van der Waals surface area contributed by atoms with Crippen LogP contribution >= 0.6 is 0 Å². The van der Waals surface area contributed by atoms with Crippen LogP contribution in [0.1, 0.15) is 20.7 Å². The molecule has 0 unspecified atom stereocenters. The Morgan fingerprint density at radius 3 is 2.52 bits per heavy atom. The van der Waals surface area contributed by atoms with E-state index in [2.05, 4.69) is 5.32 Å². The average Bonchev–Trinajstić information content (AvgIpc) is 2.65. The number of para-hydroxylation sites is 1. The third-order valence-electron chi connectivity index (χ3n) is 3.52. The van der Waals surface area contributed by atoms with Crippen LogP contribution in [0.4, 0.5) is 0 Å². The first-order valence-electron chi connectivity index (χ1n) is 7.68. The first kappa shape index (κ1) is 16.4. The number of nitrogens with one attached hydrogen (secondary N) is 1. The molecule has 3 aromatic rings. The quantitative estimate of drug-likeness (QED) is 0.439. The molecular formula is C19H15NO5. The fourth-order valence-electron chi connectivity index (χ4n) is 2.28. The Balaban J connectivity index is 1.57. The average molecular weight is 337 g/mol. The summed E-state index contributed by atoms with van der Waals surface area (Å²) >= 11 is 0. The molecule has 0 radical (unpaired) electrons. The summed E-state index contributed by atoms with van der Waals surface area (Å²) in [6.07, 6.45) is 0. The number of esters is 1. The molecule has 1 amide bonds. The van der Waals surface area contributed by atoms with E-state index in [-0.39, 0.29) is 18.7 Å². The van der Waals surface area contributed by atoms with Gasteiger partial charge in [-0.3, -0.25) is 4.79 Å². The van der Waals surface area contributed by atoms with Gasteiger partial charge in [0.15, 0.2) is 0 Å². The van der Waals surface area contributed by atoms with Gasteiger partial charge in [0, 0.05) is 5.39 Å². The standard InChI is InChI=1S/C19H15NO5/c21-17(15-12-14-8-4-5-9-16(14)25-19(15)23)20-10-11-24-18(22)13-6-2-1-3-7-13/h1-9,12H,10-11H2,(H,20,21). The Labute approximate surface area is 143 Å². The van der Waals surface area contributed by atoms with Crippen molar-refractivity contribution in [1.82, 2.24) is 5.32 Å². The van der Waals surface area contributed by atoms with Crippen LogP contribution in [-0.4, -0.2) is 25.0 Å². The molecule has 1 N–H and O–H groups in total. The zero-order valence-corrected chi connectivity index (χ0v) is 13.2. The Bertz CT molecular complexity index is 962. The van der Waals surface area contributed by atoms with Crippen LogP contribution in [0.3, 0.4) is 0 Å². The lowest BCUT2D eigenvalue weighted by Gasteiger charge is -2.07. The Morgan fingerprint density at radius 1 is 1.00 bits per heavy atom. The smallest absolute Gasteiger partial charge is 0.349 e. The summed E-state index contributed by atoms with van der Waals surface area (Å²) in [5.74, 6) is -1.05. The van der Waals surface area contributed by atoms with Crippen LogP contribution in [-0.2, 0) is 4.74 Å². The van der Waals surface area contributed by atoms with Crippen molar-refractivity contribution in [2.75, 3.05) is 13.2 Å². The minimum atomic E-state index is -0.711. The number of carbonyl (C=O) groups excluding carboxylic acids is 2. The van der Waals surface area contributed by atoms with E-state index in [4.69, 9.17) is 9.15 Å². The van der Waals surface area contributed by atoms with E-state index in [1.54, 1.807) is 54.6 Å². The lowest BCUT2D eigenvalue weighted by Crippen LogP contribution is -2.31. The molecule has 0 aliphatic carbocycles. The van der Waals surface area contributed by atoms with E-state index in [0.29, 0.717) is 16.5 Å². The van der Waals surface area contributed by atoms with Crippen LogP contribution in [0.25, 0.3) is 11.0 Å². The molecule has 2 aromatic carbocycles. The molecule has 0 fully saturated rings. The molecule has 1 aromatic heterocycles. The minimum Gasteiger partial charge on any atom is -0.460 e. The fraction of sp³-hybridized carbons (Fsp3) is 0.105. The first-order chi connectivity index (χ1) is 12.1. The van der Waals surface area contributed by atoms with E-state index < -0.39 is 17.5 Å². The molecule has 25 heavy (non-hydrogen) atoms. The Kier molecular flexibility index (Phi) is 4.89. The molecule has 126 valence electrons. The predicted molar refractivity (Wildman–Crippen MR) is 91.5 cm³/mol. The van der Waals surface area contributed by atoms with Crippen LogP contribution in [0, 0.1) is 0 Å². The molecule has 0 atom stereocenters. The fourth-order valence-corrected chi connectivity index (χ4v) is 2.28. The molecule has 0 saturated heterocycles. The molecule has 0 aliphatic rings. The second-order valence-electron chi connectivity index (χ2n) is 5.24. The highest BCUT2D eigenvalue weighted by Gasteiger charge is 2.13. The van der Waals surface area contributed by atoms with Crippen molar-refractivity contribution in [2.24, 2.45) is 0 Å². The monoisotopic (exact) mass is 337 g/mol. The summed E-state index contributed by atoms with van der Waals surface area (Å²) in [6, 6.07) is 17.0. The number of rotatable bonds is 5. The first-order valence-corrected chi connectivity index (χ1v) is 7.68. The lowest BCUT2D eigenvalue weighted by molar-refractivity contribution is 0.0503. The third-order valence-corrected chi connectivity index (χ3v) is 3.52. The molecule has 6 nitrogen and oxygen atoms in total. The van der Waals surface area contributed by atoms with Gasteiger partial charge in [-0.15, -0.1) is 0 Å². The number of benzene rings is 2. The SMILES string of the molecule is O=C(OCCNC(=O)c1cc2ccccc2oc1=O)c1ccccc1. The lowest BCUT2D eigenvalue weighted by atomic mass is 10.2. The highest BCUT2D eigenvalue weighted by atomic mass is 16.5. The maximum absolute atomic E-state index is 12.1. The summed E-state index contributed by atoms with van der Waals surface area (Å²) in [5.41, 5.74) is 0.0513. The largest absolute Gasteiger partial charge is 0.460 e. The number of hydrogen-bond acceptors (Lipinski definition) is 5. The highest BCUT2D eigenvalue weighted by Crippen LogP contribution is 2.12. The van der Waals surface area contributed by atoms with E-state index in [9.17, 15) is 14.4 Å². The van der Waals surface area contributed by atoms with E-state index >= 15 is 0 Å². The topological polar surface area (TPSA) is 85.6 Å².